The van der Waals surface area contributed by atoms with Gasteiger partial charge in [0, 0.05) is 11.8 Å². The highest BCUT2D eigenvalue weighted by Crippen LogP contribution is 2.50. The molecule has 12 atom stereocenters. The molecule has 0 aromatic rings. The van der Waals surface area contributed by atoms with Crippen LogP contribution in [0.4, 0.5) is 0 Å². The molecule has 0 bridgehead atoms. The maximum Gasteiger partial charge on any atom is 0.311 e. The predicted molar refractivity (Wildman–Crippen MR) is 186 cm³/mol. The summed E-state index contributed by atoms with van der Waals surface area (Å²) < 4.78 is 5.83. The first-order valence-corrected chi connectivity index (χ1v) is 19.7. The molecule has 0 saturated heterocycles. The molecule has 16 heteroatoms. The minimum atomic E-state index is -1.29. The second-order valence-electron chi connectivity index (χ2n) is 14.2. The van der Waals surface area contributed by atoms with E-state index in [1.165, 1.54) is 0 Å². The molecule has 4 fully saturated rings. The molecule has 4 rings (SSSR count). The van der Waals surface area contributed by atoms with Gasteiger partial charge in [-0.15, -0.1) is 92.8 Å². The Hall–Kier alpha value is 1.10. The first-order chi connectivity index (χ1) is 22.1. The van der Waals surface area contributed by atoms with Crippen molar-refractivity contribution < 1.29 is 39.4 Å². The maximum absolute atomic E-state index is 13.2. The van der Waals surface area contributed by atoms with Crippen molar-refractivity contribution >= 4 is 105 Å². The Kier molecular flexibility index (Phi) is 15.4. The number of ether oxygens (including phenoxy) is 1. The second kappa shape index (κ2) is 17.7. The van der Waals surface area contributed by atoms with Crippen LogP contribution in [0.15, 0.2) is 0 Å². The van der Waals surface area contributed by atoms with Crippen molar-refractivity contribution in [3.05, 3.63) is 0 Å². The fourth-order valence-electron chi connectivity index (χ4n) is 8.14. The lowest BCUT2D eigenvalue weighted by molar-refractivity contribution is -0.340. The Bertz CT molecular complexity index is 1040. The van der Waals surface area contributed by atoms with Gasteiger partial charge < -0.3 is 9.84 Å². The van der Waals surface area contributed by atoms with Crippen LogP contribution in [0.1, 0.15) is 65.2 Å². The summed E-state index contributed by atoms with van der Waals surface area (Å²) in [5.74, 6) is -4.18. The van der Waals surface area contributed by atoms with Crippen molar-refractivity contribution in [1.29, 1.82) is 0 Å². The van der Waals surface area contributed by atoms with Gasteiger partial charge in [-0.1, -0.05) is 13.8 Å². The van der Waals surface area contributed by atoms with Gasteiger partial charge in [-0.25, -0.2) is 14.7 Å². The van der Waals surface area contributed by atoms with Gasteiger partial charge in [-0.05, 0) is 68.6 Å². The first-order valence-electron chi connectivity index (χ1n) is 16.2. The number of halogens is 8. The van der Waals surface area contributed by atoms with Crippen molar-refractivity contribution in [1.82, 2.24) is 0 Å². The Morgan fingerprint density at radius 1 is 0.617 bits per heavy atom. The van der Waals surface area contributed by atoms with E-state index < -0.39 is 66.8 Å². The van der Waals surface area contributed by atoms with E-state index >= 15 is 0 Å². The quantitative estimate of drug-likeness (QED) is 0.0924. The minimum Gasteiger partial charge on any atom is -0.481 e. The normalized spacial score (nSPS) is 44.9. The number of alkyl halides is 8. The number of hydrogen-bond acceptors (Lipinski definition) is 7. The van der Waals surface area contributed by atoms with Gasteiger partial charge >= 0.3 is 11.9 Å². The average molecular weight is 828 g/mol. The molecule has 4 aliphatic rings. The Morgan fingerprint density at radius 2 is 1.04 bits per heavy atom. The summed E-state index contributed by atoms with van der Waals surface area (Å²) in [5, 5.41) is 12.8. The van der Waals surface area contributed by atoms with Crippen molar-refractivity contribution in [2.45, 2.75) is 120 Å². The summed E-state index contributed by atoms with van der Waals surface area (Å²) >= 11 is 51.1. The number of rotatable bonds is 11. The Morgan fingerprint density at radius 3 is 1.51 bits per heavy atom. The summed E-state index contributed by atoms with van der Waals surface area (Å²) in [6.07, 6.45) is 6.39. The Labute approximate surface area is 316 Å². The van der Waals surface area contributed by atoms with Crippen LogP contribution in [-0.2, 0) is 29.0 Å². The van der Waals surface area contributed by atoms with Crippen molar-refractivity contribution in [2.75, 3.05) is 13.2 Å². The molecule has 12 unspecified atom stereocenters. The van der Waals surface area contributed by atoms with E-state index in [9.17, 15) is 14.7 Å². The predicted octanol–water partition coefficient (Wildman–Crippen LogP) is 8.55. The van der Waals surface area contributed by atoms with Gasteiger partial charge in [0.15, 0.2) is 0 Å². The van der Waals surface area contributed by atoms with E-state index in [2.05, 4.69) is 18.7 Å². The zero-order valence-electron chi connectivity index (χ0n) is 26.2. The monoisotopic (exact) mass is 824 g/mol. The molecule has 272 valence electrons. The molecule has 0 radical (unpaired) electrons. The lowest BCUT2D eigenvalue weighted by Crippen LogP contribution is -2.56. The lowest BCUT2D eigenvalue weighted by Gasteiger charge is -2.46. The van der Waals surface area contributed by atoms with E-state index in [-0.39, 0.29) is 42.7 Å². The molecule has 8 nitrogen and oxygen atoms in total. The highest BCUT2D eigenvalue weighted by Gasteiger charge is 2.55. The summed E-state index contributed by atoms with van der Waals surface area (Å²) in [6.45, 7) is 4.74. The van der Waals surface area contributed by atoms with E-state index in [1.54, 1.807) is 0 Å². The van der Waals surface area contributed by atoms with Crippen LogP contribution in [0.2, 0.25) is 0 Å². The van der Waals surface area contributed by atoms with Crippen LogP contribution < -0.4 is 0 Å². The molecular formula is C31H44Cl8O8. The molecule has 2 N–H and O–H groups in total. The molecular weight excluding hydrogens is 784 g/mol. The first kappa shape index (κ1) is 40.9. The molecule has 47 heavy (non-hydrogen) atoms. The molecule has 0 aromatic heterocycles. The highest BCUT2D eigenvalue weighted by molar-refractivity contribution is 6.40. The standard InChI is InChI=1S/C31H44Cl8O8/c1-31(2,13-3-7-15(8-4-13)46-30(42)20-19(29(40)41)23(34)27(38)28(39)24(20)35)14-5-9-16(10-6-14)47-45-12-18-17(11-44-43)21(32)25(36)26(37)22(18)33/h13-28,43H,3-12H2,1-2H3,(H,40,41). The largest absolute Gasteiger partial charge is 0.481 e. The van der Waals surface area contributed by atoms with E-state index in [0.29, 0.717) is 24.7 Å². The van der Waals surface area contributed by atoms with Gasteiger partial charge in [0.25, 0.3) is 0 Å². The van der Waals surface area contributed by atoms with Gasteiger partial charge in [0.05, 0.1) is 74.2 Å². The number of carboxylic acids is 1. The SMILES string of the molecule is CC(C)(C1CCC(OOCC2C(Cl)C(Cl)C(Cl)C(Cl)C2COO)CC1)C1CCC(OC(=O)C2C(Cl)C(Cl)C(Cl)C(Cl)C2C(=O)O)CC1. The van der Waals surface area contributed by atoms with E-state index in [1.807, 2.05) is 0 Å². The highest BCUT2D eigenvalue weighted by atomic mass is 35.5. The zero-order chi connectivity index (χ0) is 34.8. The molecule has 0 heterocycles. The number of carbonyl (C=O) groups is 2. The Balaban J connectivity index is 1.23. The van der Waals surface area contributed by atoms with Crippen LogP contribution >= 0.6 is 92.8 Å². The molecule has 0 amide bonds. The third-order valence-electron chi connectivity index (χ3n) is 11.3. The van der Waals surface area contributed by atoms with Crippen LogP contribution in [-0.4, -0.2) is 90.7 Å². The van der Waals surface area contributed by atoms with E-state index in [4.69, 9.17) is 113 Å². The fraction of sp³-hybridized carbons (Fsp3) is 0.935. The summed E-state index contributed by atoms with van der Waals surface area (Å²) in [5.41, 5.74) is 0.0567. The smallest absolute Gasteiger partial charge is 0.311 e. The summed E-state index contributed by atoms with van der Waals surface area (Å²) in [6, 6.07) is 0. The molecule has 0 spiro atoms. The number of carboxylic acid groups (broad SMARTS) is 1. The topological polar surface area (TPSA) is 112 Å². The second-order valence-corrected chi connectivity index (χ2v) is 18.2. The van der Waals surface area contributed by atoms with Crippen molar-refractivity contribution in [2.24, 2.45) is 40.9 Å². The van der Waals surface area contributed by atoms with Gasteiger partial charge in [-0.3, -0.25) is 14.8 Å². The van der Waals surface area contributed by atoms with Crippen LogP contribution in [0.5, 0.6) is 0 Å². The van der Waals surface area contributed by atoms with Gasteiger partial charge in [0.1, 0.15) is 6.10 Å². The third-order valence-corrected chi connectivity index (χ3v) is 16.5. The summed E-state index contributed by atoms with van der Waals surface area (Å²) in [4.78, 5) is 41.1. The maximum atomic E-state index is 13.2. The average Bonchev–Trinajstić information content (AvgIpc) is 3.04. The minimum absolute atomic E-state index is 0.0415. The molecule has 4 saturated carbocycles. The summed E-state index contributed by atoms with van der Waals surface area (Å²) in [7, 11) is 0. The van der Waals surface area contributed by atoms with Crippen molar-refractivity contribution in [3.8, 4) is 0 Å². The van der Waals surface area contributed by atoms with E-state index in [0.717, 1.165) is 38.5 Å². The van der Waals surface area contributed by atoms with Crippen molar-refractivity contribution in [3.63, 3.8) is 0 Å². The number of hydrogen-bond donors (Lipinski definition) is 2. The van der Waals surface area contributed by atoms with Gasteiger partial charge in [0.2, 0.25) is 0 Å². The number of esters is 1. The zero-order valence-corrected chi connectivity index (χ0v) is 32.2. The fourth-order valence-corrected chi connectivity index (χ4v) is 11.4. The molecule has 4 aliphatic carbocycles. The molecule has 0 aromatic carbocycles. The van der Waals surface area contributed by atoms with Crippen LogP contribution in [0.25, 0.3) is 0 Å². The van der Waals surface area contributed by atoms with Gasteiger partial charge in [-0.2, -0.15) is 0 Å². The lowest BCUT2D eigenvalue weighted by atomic mass is 9.60. The van der Waals surface area contributed by atoms with Crippen LogP contribution in [0, 0.1) is 40.9 Å². The van der Waals surface area contributed by atoms with Crippen LogP contribution in [0.3, 0.4) is 0 Å². The molecule has 0 aliphatic heterocycles. The third kappa shape index (κ3) is 9.19. The number of carbonyl (C=O) groups excluding carboxylic acids is 1. The number of aliphatic carboxylic acids is 1.